The molecule has 0 radical (unpaired) electrons. The molecule has 0 aromatic heterocycles. The van der Waals surface area contributed by atoms with Crippen LogP contribution in [0.15, 0.2) is 18.2 Å². The highest BCUT2D eigenvalue weighted by Crippen LogP contribution is 2.23. The van der Waals surface area contributed by atoms with E-state index in [1.54, 1.807) is 18.2 Å². The zero-order chi connectivity index (χ0) is 11.1. The molecule has 0 aliphatic carbocycles. The summed E-state index contributed by atoms with van der Waals surface area (Å²) in [5.74, 6) is 0.644. The number of aliphatic hydroxyl groups is 1. The summed E-state index contributed by atoms with van der Waals surface area (Å²) in [5.41, 5.74) is 2.16. The molecule has 0 spiro atoms. The molecular formula is C10H16N2O3. The summed E-state index contributed by atoms with van der Waals surface area (Å²) < 4.78 is 5.24. The Labute approximate surface area is 88.6 Å². The zero-order valence-electron chi connectivity index (χ0n) is 8.69. The number of hydrogen-bond donors (Lipinski definition) is 3. The highest BCUT2D eigenvalue weighted by Gasteiger charge is 2.04. The molecule has 0 saturated heterocycles. The number of hydrogen-bond acceptors (Lipinski definition) is 4. The predicted molar refractivity (Wildman–Crippen MR) is 58.1 cm³/mol. The van der Waals surface area contributed by atoms with Crippen molar-refractivity contribution in [3.63, 3.8) is 0 Å². The van der Waals surface area contributed by atoms with E-state index in [2.05, 4.69) is 5.32 Å². The zero-order valence-corrected chi connectivity index (χ0v) is 8.69. The molecule has 5 nitrogen and oxygen atoms in total. The second kappa shape index (κ2) is 6.23. The van der Waals surface area contributed by atoms with Crippen molar-refractivity contribution in [3.8, 4) is 5.75 Å². The van der Waals surface area contributed by atoms with Crippen molar-refractivity contribution in [2.75, 3.05) is 25.1 Å². The van der Waals surface area contributed by atoms with Gasteiger partial charge in [0.15, 0.2) is 5.69 Å². The Bertz CT molecular complexity index is 305. The highest BCUT2D eigenvalue weighted by molar-refractivity contribution is 5.63. The van der Waals surface area contributed by atoms with Crippen molar-refractivity contribution in [2.45, 2.75) is 6.92 Å². The number of quaternary nitrogens is 1. The van der Waals surface area contributed by atoms with Gasteiger partial charge in [0.2, 0.25) is 0 Å². The van der Waals surface area contributed by atoms with Gasteiger partial charge in [-0.15, -0.1) is 0 Å². The summed E-state index contributed by atoms with van der Waals surface area (Å²) in [5, 5.41) is 22.4. The molecule has 15 heavy (non-hydrogen) atoms. The maximum atomic E-state index is 10.7. The minimum Gasteiger partial charge on any atom is -0.630 e. The second-order valence-electron chi connectivity index (χ2n) is 2.97. The van der Waals surface area contributed by atoms with Crippen LogP contribution in [0.4, 0.5) is 11.4 Å². The first-order valence-corrected chi connectivity index (χ1v) is 4.88. The van der Waals surface area contributed by atoms with Gasteiger partial charge in [-0.2, -0.15) is 0 Å². The number of ether oxygens (including phenoxy) is 1. The van der Waals surface area contributed by atoms with Crippen LogP contribution in [0.3, 0.4) is 0 Å². The molecule has 1 aromatic carbocycles. The van der Waals surface area contributed by atoms with Crippen LogP contribution in [-0.2, 0) is 0 Å². The third kappa shape index (κ3) is 3.39. The Kier molecular flexibility index (Phi) is 4.89. The first-order valence-electron chi connectivity index (χ1n) is 4.88. The van der Waals surface area contributed by atoms with Gasteiger partial charge in [0.25, 0.3) is 0 Å². The molecule has 5 heteroatoms. The molecule has 1 rings (SSSR count). The van der Waals surface area contributed by atoms with Crippen LogP contribution < -0.4 is 15.5 Å². The van der Waals surface area contributed by atoms with E-state index in [4.69, 9.17) is 9.84 Å². The second-order valence-corrected chi connectivity index (χ2v) is 2.97. The standard InChI is InChI=1S/C10H16N2O3/c1-2-11-10-7-8(15-6-5-13)3-4-9(10)12-14/h3-4,7,11,13H,2,5-6,12H2,1H3. The largest absolute Gasteiger partial charge is 0.630 e. The van der Waals surface area contributed by atoms with Crippen molar-refractivity contribution >= 4 is 11.4 Å². The maximum Gasteiger partial charge on any atom is 0.153 e. The fourth-order valence-corrected chi connectivity index (χ4v) is 1.23. The molecule has 0 aliphatic rings. The fourth-order valence-electron chi connectivity index (χ4n) is 1.23. The topological polar surface area (TPSA) is 81.2 Å². The Hall–Kier alpha value is -1.30. The fraction of sp³-hybridized carbons (Fsp3) is 0.400. The number of rotatable bonds is 6. The van der Waals surface area contributed by atoms with Crippen LogP contribution in [-0.4, -0.2) is 24.9 Å². The summed E-state index contributed by atoms with van der Waals surface area (Å²) in [7, 11) is 0. The molecule has 0 aliphatic heterocycles. The summed E-state index contributed by atoms with van der Waals surface area (Å²) in [4.78, 5) is 0. The quantitative estimate of drug-likeness (QED) is 0.464. The molecule has 0 bridgehead atoms. The van der Waals surface area contributed by atoms with E-state index >= 15 is 0 Å². The van der Waals surface area contributed by atoms with Crippen LogP contribution in [0, 0.1) is 5.21 Å². The normalized spacial score (nSPS) is 10.1. The van der Waals surface area contributed by atoms with E-state index in [9.17, 15) is 5.21 Å². The Balaban J connectivity index is 2.79. The van der Waals surface area contributed by atoms with Gasteiger partial charge in [0.1, 0.15) is 12.4 Å². The maximum absolute atomic E-state index is 10.7. The lowest BCUT2D eigenvalue weighted by atomic mass is 10.2. The van der Waals surface area contributed by atoms with E-state index in [1.165, 1.54) is 0 Å². The van der Waals surface area contributed by atoms with Crippen molar-refractivity contribution in [1.82, 2.24) is 0 Å². The van der Waals surface area contributed by atoms with Crippen LogP contribution in [0.2, 0.25) is 0 Å². The first-order chi connectivity index (χ1) is 7.31. The molecular weight excluding hydrogens is 196 g/mol. The van der Waals surface area contributed by atoms with Gasteiger partial charge in [0, 0.05) is 18.7 Å². The smallest absolute Gasteiger partial charge is 0.153 e. The summed E-state index contributed by atoms with van der Waals surface area (Å²) >= 11 is 0. The van der Waals surface area contributed by atoms with Crippen LogP contribution in [0.5, 0.6) is 5.75 Å². The van der Waals surface area contributed by atoms with Gasteiger partial charge in [-0.05, 0) is 13.0 Å². The van der Waals surface area contributed by atoms with Crippen LogP contribution >= 0.6 is 0 Å². The van der Waals surface area contributed by atoms with Crippen molar-refractivity contribution < 1.29 is 15.3 Å². The minimum absolute atomic E-state index is 0.0219. The summed E-state index contributed by atoms with van der Waals surface area (Å²) in [6, 6.07) is 5.15. The van der Waals surface area contributed by atoms with Gasteiger partial charge in [-0.25, -0.2) is 0 Å². The van der Waals surface area contributed by atoms with Gasteiger partial charge in [-0.1, -0.05) is 0 Å². The van der Waals surface area contributed by atoms with E-state index < -0.39 is 0 Å². The van der Waals surface area contributed by atoms with Crippen LogP contribution in [0.1, 0.15) is 6.92 Å². The number of aliphatic hydroxyl groups excluding tert-OH is 1. The third-order valence-electron chi connectivity index (χ3n) is 1.88. The van der Waals surface area contributed by atoms with Crippen LogP contribution in [0.25, 0.3) is 0 Å². The van der Waals surface area contributed by atoms with Crippen molar-refractivity contribution in [3.05, 3.63) is 23.4 Å². The lowest BCUT2D eigenvalue weighted by molar-refractivity contribution is -0.496. The lowest BCUT2D eigenvalue weighted by Crippen LogP contribution is -2.70. The molecule has 0 unspecified atom stereocenters. The molecule has 84 valence electrons. The first kappa shape index (κ1) is 11.8. The average molecular weight is 212 g/mol. The number of anilines is 1. The Morgan fingerprint density at radius 3 is 2.93 bits per heavy atom. The molecule has 0 saturated carbocycles. The number of nitrogens with one attached hydrogen (secondary N) is 1. The number of benzene rings is 1. The third-order valence-corrected chi connectivity index (χ3v) is 1.88. The summed E-state index contributed by atoms with van der Waals surface area (Å²) in [6.07, 6.45) is 0. The van der Waals surface area contributed by atoms with Gasteiger partial charge in [-0.3, -0.25) is 0 Å². The van der Waals surface area contributed by atoms with E-state index in [0.717, 1.165) is 17.7 Å². The SMILES string of the molecule is CCNc1cc(OCCO)ccc1[NH2+][O-]. The Morgan fingerprint density at radius 2 is 2.33 bits per heavy atom. The van der Waals surface area contributed by atoms with E-state index in [1.807, 2.05) is 6.92 Å². The summed E-state index contributed by atoms with van der Waals surface area (Å²) in [6.45, 7) is 2.93. The molecule has 0 fully saturated rings. The average Bonchev–Trinajstić information content (AvgIpc) is 2.27. The minimum atomic E-state index is -0.0219. The molecule has 0 heterocycles. The lowest BCUT2D eigenvalue weighted by Gasteiger charge is -2.12. The highest BCUT2D eigenvalue weighted by atomic mass is 16.5. The molecule has 0 amide bonds. The van der Waals surface area contributed by atoms with Gasteiger partial charge in [0.05, 0.1) is 12.3 Å². The number of nitrogens with two attached hydrogens (primary N) is 1. The van der Waals surface area contributed by atoms with Gasteiger partial charge >= 0.3 is 0 Å². The van der Waals surface area contributed by atoms with Crippen molar-refractivity contribution in [1.29, 1.82) is 0 Å². The van der Waals surface area contributed by atoms with E-state index in [-0.39, 0.29) is 13.2 Å². The monoisotopic (exact) mass is 212 g/mol. The predicted octanol–water partition coefficient (Wildman–Crippen LogP) is 0.182. The molecule has 4 N–H and O–H groups in total. The molecule has 1 aromatic rings. The van der Waals surface area contributed by atoms with Crippen molar-refractivity contribution in [2.24, 2.45) is 0 Å². The Morgan fingerprint density at radius 1 is 1.53 bits per heavy atom. The molecule has 0 atom stereocenters. The van der Waals surface area contributed by atoms with Gasteiger partial charge < -0.3 is 25.8 Å². The van der Waals surface area contributed by atoms with E-state index in [0.29, 0.717) is 11.4 Å².